The SMILES string of the molecule is COc1ccccc1[C@@H](CNC(=O)Cn1c(C)cc2ccccc21)N(C)C. The Balaban J connectivity index is 1.72. The third-order valence-electron chi connectivity index (χ3n) is 4.93. The zero-order valence-electron chi connectivity index (χ0n) is 16.4. The molecule has 1 amide bonds. The number of rotatable bonds is 7. The minimum Gasteiger partial charge on any atom is -0.496 e. The monoisotopic (exact) mass is 365 g/mol. The van der Waals surface area contributed by atoms with Crippen LogP contribution in [-0.2, 0) is 11.3 Å². The van der Waals surface area contributed by atoms with Crippen molar-refractivity contribution in [2.75, 3.05) is 27.7 Å². The number of nitrogens with one attached hydrogen (secondary N) is 1. The van der Waals surface area contributed by atoms with Gasteiger partial charge in [0.15, 0.2) is 0 Å². The Kier molecular flexibility index (Phi) is 5.81. The number of para-hydroxylation sites is 2. The molecule has 0 radical (unpaired) electrons. The topological polar surface area (TPSA) is 46.5 Å². The van der Waals surface area contributed by atoms with E-state index in [1.807, 2.05) is 63.5 Å². The van der Waals surface area contributed by atoms with Gasteiger partial charge in [-0.2, -0.15) is 0 Å². The number of carbonyl (C=O) groups is 1. The third kappa shape index (κ3) is 4.14. The lowest BCUT2D eigenvalue weighted by molar-refractivity contribution is -0.121. The summed E-state index contributed by atoms with van der Waals surface area (Å²) in [4.78, 5) is 14.7. The number of likely N-dealkylation sites (N-methyl/N-ethyl adjacent to an activating group) is 1. The molecule has 0 aliphatic carbocycles. The standard InChI is InChI=1S/C22H27N3O2/c1-16-13-17-9-5-7-11-19(17)25(16)15-22(26)23-14-20(24(2)3)18-10-6-8-12-21(18)27-4/h5-13,20H,14-15H2,1-4H3,(H,23,26)/t20-/m1/s1. The predicted octanol–water partition coefficient (Wildman–Crippen LogP) is 3.38. The van der Waals surface area contributed by atoms with Gasteiger partial charge < -0.3 is 19.5 Å². The average molecular weight is 365 g/mol. The van der Waals surface area contributed by atoms with E-state index in [0.717, 1.165) is 27.9 Å². The van der Waals surface area contributed by atoms with E-state index in [-0.39, 0.29) is 11.9 Å². The van der Waals surface area contributed by atoms with Crippen LogP contribution < -0.4 is 10.1 Å². The van der Waals surface area contributed by atoms with Crippen LogP contribution in [0.1, 0.15) is 17.3 Å². The number of nitrogens with zero attached hydrogens (tertiary/aromatic N) is 2. The molecular formula is C22H27N3O2. The Hall–Kier alpha value is -2.79. The number of benzene rings is 2. The van der Waals surface area contributed by atoms with E-state index < -0.39 is 0 Å². The molecule has 5 nitrogen and oxygen atoms in total. The van der Waals surface area contributed by atoms with Gasteiger partial charge in [0.25, 0.3) is 0 Å². The largest absolute Gasteiger partial charge is 0.496 e. The molecule has 0 saturated carbocycles. The molecule has 5 heteroatoms. The highest BCUT2D eigenvalue weighted by molar-refractivity contribution is 5.84. The zero-order valence-corrected chi connectivity index (χ0v) is 16.4. The van der Waals surface area contributed by atoms with Gasteiger partial charge in [0, 0.05) is 23.3 Å². The maximum Gasteiger partial charge on any atom is 0.240 e. The first-order chi connectivity index (χ1) is 13.0. The van der Waals surface area contributed by atoms with Crippen molar-refractivity contribution in [3.8, 4) is 5.75 Å². The highest BCUT2D eigenvalue weighted by atomic mass is 16.5. The first-order valence-electron chi connectivity index (χ1n) is 9.12. The van der Waals surface area contributed by atoms with Gasteiger partial charge in [-0.1, -0.05) is 36.4 Å². The van der Waals surface area contributed by atoms with E-state index in [2.05, 4.69) is 26.9 Å². The minimum atomic E-state index is 0.00111. The van der Waals surface area contributed by atoms with Crippen LogP contribution >= 0.6 is 0 Å². The normalized spacial score (nSPS) is 12.3. The van der Waals surface area contributed by atoms with Gasteiger partial charge in [-0.05, 0) is 44.6 Å². The molecular weight excluding hydrogens is 338 g/mol. The summed E-state index contributed by atoms with van der Waals surface area (Å²) in [5.74, 6) is 0.832. The molecule has 1 aromatic heterocycles. The van der Waals surface area contributed by atoms with Crippen LogP contribution in [0.3, 0.4) is 0 Å². The molecule has 0 unspecified atom stereocenters. The summed E-state index contributed by atoms with van der Waals surface area (Å²) in [6.07, 6.45) is 0. The quantitative estimate of drug-likeness (QED) is 0.698. The minimum absolute atomic E-state index is 0.00111. The second kappa shape index (κ2) is 8.27. The molecule has 1 atom stereocenters. The van der Waals surface area contributed by atoms with E-state index in [1.54, 1.807) is 7.11 Å². The van der Waals surface area contributed by atoms with Crippen LogP contribution in [0.15, 0.2) is 54.6 Å². The first-order valence-corrected chi connectivity index (χ1v) is 9.12. The molecule has 3 rings (SSSR count). The Labute approximate surface area is 160 Å². The number of aromatic nitrogens is 1. The third-order valence-corrected chi connectivity index (χ3v) is 4.93. The molecule has 2 aromatic carbocycles. The van der Waals surface area contributed by atoms with Crippen LogP contribution in [0.2, 0.25) is 0 Å². The number of ether oxygens (including phenoxy) is 1. The summed E-state index contributed by atoms with van der Waals surface area (Å²) in [7, 11) is 5.68. The van der Waals surface area contributed by atoms with Crippen LogP contribution in [0.5, 0.6) is 5.75 Å². The Bertz CT molecular complexity index is 930. The lowest BCUT2D eigenvalue weighted by atomic mass is 10.0. The van der Waals surface area contributed by atoms with Crippen LogP contribution in [0.25, 0.3) is 10.9 Å². The molecule has 142 valence electrons. The number of methoxy groups -OCH3 is 1. The molecule has 3 aromatic rings. The van der Waals surface area contributed by atoms with Crippen molar-refractivity contribution in [3.05, 3.63) is 65.9 Å². The average Bonchev–Trinajstić information content (AvgIpc) is 2.97. The van der Waals surface area contributed by atoms with Crippen molar-refractivity contribution < 1.29 is 9.53 Å². The van der Waals surface area contributed by atoms with Gasteiger partial charge in [-0.3, -0.25) is 4.79 Å². The number of hydrogen-bond acceptors (Lipinski definition) is 3. The summed E-state index contributed by atoms with van der Waals surface area (Å²) in [6.45, 7) is 2.86. The number of amides is 1. The lowest BCUT2D eigenvalue weighted by Gasteiger charge is -2.26. The van der Waals surface area contributed by atoms with Gasteiger partial charge >= 0.3 is 0 Å². The molecule has 0 saturated heterocycles. The summed E-state index contributed by atoms with van der Waals surface area (Å²) >= 11 is 0. The number of fused-ring (bicyclic) bond motifs is 1. The molecule has 0 spiro atoms. The maximum absolute atomic E-state index is 12.6. The fraction of sp³-hybridized carbons (Fsp3) is 0.318. The highest BCUT2D eigenvalue weighted by Gasteiger charge is 2.19. The van der Waals surface area contributed by atoms with Crippen LogP contribution in [0.4, 0.5) is 0 Å². The molecule has 0 bridgehead atoms. The van der Waals surface area contributed by atoms with E-state index in [1.165, 1.54) is 0 Å². The molecule has 27 heavy (non-hydrogen) atoms. The predicted molar refractivity (Wildman–Crippen MR) is 109 cm³/mol. The van der Waals surface area contributed by atoms with Crippen molar-refractivity contribution >= 4 is 16.8 Å². The Morgan fingerprint density at radius 2 is 1.85 bits per heavy atom. The van der Waals surface area contributed by atoms with Crippen molar-refractivity contribution in [1.29, 1.82) is 0 Å². The van der Waals surface area contributed by atoms with E-state index in [9.17, 15) is 4.79 Å². The summed E-state index contributed by atoms with van der Waals surface area (Å²) < 4.78 is 7.54. The number of hydrogen-bond donors (Lipinski definition) is 1. The molecule has 0 aliphatic rings. The van der Waals surface area contributed by atoms with Crippen molar-refractivity contribution in [2.45, 2.75) is 19.5 Å². The van der Waals surface area contributed by atoms with Gasteiger partial charge in [0.2, 0.25) is 5.91 Å². The second-order valence-corrected chi connectivity index (χ2v) is 6.96. The summed E-state index contributed by atoms with van der Waals surface area (Å²) in [6, 6.07) is 18.2. The highest BCUT2D eigenvalue weighted by Crippen LogP contribution is 2.27. The van der Waals surface area contributed by atoms with E-state index in [0.29, 0.717) is 13.1 Å². The van der Waals surface area contributed by atoms with Crippen LogP contribution in [-0.4, -0.2) is 43.1 Å². The lowest BCUT2D eigenvalue weighted by Crippen LogP contribution is -2.36. The van der Waals surface area contributed by atoms with Gasteiger partial charge in [-0.25, -0.2) is 0 Å². The zero-order chi connectivity index (χ0) is 19.4. The van der Waals surface area contributed by atoms with E-state index in [4.69, 9.17) is 4.74 Å². The molecule has 1 N–H and O–H groups in total. The Morgan fingerprint density at radius 1 is 1.15 bits per heavy atom. The number of aryl methyl sites for hydroxylation is 1. The second-order valence-electron chi connectivity index (χ2n) is 6.96. The first kappa shape index (κ1) is 19.0. The molecule has 0 aliphatic heterocycles. The van der Waals surface area contributed by atoms with Crippen molar-refractivity contribution in [1.82, 2.24) is 14.8 Å². The van der Waals surface area contributed by atoms with Crippen LogP contribution in [0, 0.1) is 6.92 Å². The Morgan fingerprint density at radius 3 is 2.59 bits per heavy atom. The van der Waals surface area contributed by atoms with E-state index >= 15 is 0 Å². The van der Waals surface area contributed by atoms with Crippen molar-refractivity contribution in [3.63, 3.8) is 0 Å². The summed E-state index contributed by atoms with van der Waals surface area (Å²) in [5, 5.41) is 4.24. The van der Waals surface area contributed by atoms with Gasteiger partial charge in [0.05, 0.1) is 13.2 Å². The fourth-order valence-corrected chi connectivity index (χ4v) is 3.48. The maximum atomic E-state index is 12.6. The molecule has 0 fully saturated rings. The van der Waals surface area contributed by atoms with Crippen molar-refractivity contribution in [2.24, 2.45) is 0 Å². The smallest absolute Gasteiger partial charge is 0.240 e. The molecule has 1 heterocycles. The number of carbonyl (C=O) groups excluding carboxylic acids is 1. The van der Waals surface area contributed by atoms with Gasteiger partial charge in [-0.15, -0.1) is 0 Å². The van der Waals surface area contributed by atoms with Gasteiger partial charge in [0.1, 0.15) is 12.3 Å². The fourth-order valence-electron chi connectivity index (χ4n) is 3.48. The summed E-state index contributed by atoms with van der Waals surface area (Å²) in [5.41, 5.74) is 3.23.